The van der Waals surface area contributed by atoms with Crippen molar-refractivity contribution in [3.63, 3.8) is 0 Å². The molecule has 1 rings (SSSR count). The van der Waals surface area contributed by atoms with Crippen molar-refractivity contribution < 1.29 is 14.7 Å². The van der Waals surface area contributed by atoms with Crippen LogP contribution in [0.2, 0.25) is 0 Å². The number of piperidine rings is 1. The number of carbonyl (C=O) groups excluding carboxylic acids is 1. The van der Waals surface area contributed by atoms with E-state index in [4.69, 9.17) is 5.11 Å². The molecule has 0 radical (unpaired) electrons. The third-order valence-electron chi connectivity index (χ3n) is 2.82. The summed E-state index contributed by atoms with van der Waals surface area (Å²) < 4.78 is 0. The fourth-order valence-corrected chi connectivity index (χ4v) is 2.82. The molecule has 17 heavy (non-hydrogen) atoms. The quantitative estimate of drug-likeness (QED) is 0.723. The van der Waals surface area contributed by atoms with Gasteiger partial charge in [0.05, 0.1) is 12.2 Å². The van der Waals surface area contributed by atoms with Crippen LogP contribution in [-0.2, 0) is 9.59 Å². The molecule has 0 aromatic heterocycles. The minimum atomic E-state index is -0.865. The average molecular weight is 260 g/mol. The van der Waals surface area contributed by atoms with E-state index in [2.05, 4.69) is 5.32 Å². The van der Waals surface area contributed by atoms with Crippen molar-refractivity contribution in [2.45, 2.75) is 24.5 Å². The van der Waals surface area contributed by atoms with Gasteiger partial charge in [-0.2, -0.15) is 0 Å². The number of carboxylic acids is 1. The minimum Gasteiger partial charge on any atom is -0.481 e. The van der Waals surface area contributed by atoms with E-state index in [1.165, 1.54) is 4.90 Å². The normalized spacial score (nSPS) is 16.8. The fourth-order valence-electron chi connectivity index (χ4n) is 1.65. The Morgan fingerprint density at radius 2 is 2.06 bits per heavy atom. The molecule has 0 saturated carbocycles. The number of hydrogen-bond acceptors (Lipinski definition) is 4. The van der Waals surface area contributed by atoms with Crippen molar-refractivity contribution in [2.24, 2.45) is 0 Å². The van der Waals surface area contributed by atoms with Crippen LogP contribution in [0.3, 0.4) is 0 Å². The van der Waals surface area contributed by atoms with Crippen LogP contribution in [0.15, 0.2) is 0 Å². The predicted octanol–water partition coefficient (Wildman–Crippen LogP) is 0.405. The summed E-state index contributed by atoms with van der Waals surface area (Å²) in [4.78, 5) is 23.6. The van der Waals surface area contributed by atoms with Gasteiger partial charge in [0.1, 0.15) is 0 Å². The zero-order valence-corrected chi connectivity index (χ0v) is 11.0. The highest BCUT2D eigenvalue weighted by Crippen LogP contribution is 2.20. The first-order valence-electron chi connectivity index (χ1n) is 5.87. The number of carboxylic acid groups (broad SMARTS) is 1. The lowest BCUT2D eigenvalue weighted by molar-refractivity contribution is -0.137. The zero-order valence-electron chi connectivity index (χ0n) is 10.1. The third kappa shape index (κ3) is 5.93. The number of hydrogen-bond donors (Lipinski definition) is 2. The summed E-state index contributed by atoms with van der Waals surface area (Å²) in [5.74, 6) is -0.383. The molecule has 1 saturated heterocycles. The second-order valence-corrected chi connectivity index (χ2v) is 5.51. The molecule has 1 aliphatic rings. The smallest absolute Gasteiger partial charge is 0.305 e. The molecule has 98 valence electrons. The molecular formula is C11H20N2O3S. The summed E-state index contributed by atoms with van der Waals surface area (Å²) >= 11 is 1.69. The summed E-state index contributed by atoms with van der Waals surface area (Å²) in [5.41, 5.74) is 0. The molecule has 2 N–H and O–H groups in total. The van der Waals surface area contributed by atoms with Crippen molar-refractivity contribution in [3.8, 4) is 0 Å². The monoisotopic (exact) mass is 260 g/mol. The van der Waals surface area contributed by atoms with Crippen LogP contribution in [0.4, 0.5) is 0 Å². The highest BCUT2D eigenvalue weighted by atomic mass is 32.2. The van der Waals surface area contributed by atoms with Crippen LogP contribution in [-0.4, -0.2) is 59.6 Å². The van der Waals surface area contributed by atoms with E-state index in [0.29, 0.717) is 17.5 Å². The second-order valence-electron chi connectivity index (χ2n) is 4.22. The Morgan fingerprint density at radius 3 is 2.65 bits per heavy atom. The standard InChI is InChI=1S/C11H20N2O3S/c1-13(7-4-11(15)16)10(14)8-17-9-2-5-12-6-3-9/h9,12H,2-8H2,1H3,(H,15,16). The van der Waals surface area contributed by atoms with Gasteiger partial charge in [0, 0.05) is 18.8 Å². The van der Waals surface area contributed by atoms with E-state index in [9.17, 15) is 9.59 Å². The van der Waals surface area contributed by atoms with Crippen molar-refractivity contribution in [1.82, 2.24) is 10.2 Å². The number of amides is 1. The van der Waals surface area contributed by atoms with Crippen LogP contribution in [0, 0.1) is 0 Å². The molecular weight excluding hydrogens is 240 g/mol. The topological polar surface area (TPSA) is 69.6 Å². The van der Waals surface area contributed by atoms with Crippen LogP contribution in [0.5, 0.6) is 0 Å². The maximum Gasteiger partial charge on any atom is 0.305 e. The molecule has 6 heteroatoms. The Hall–Kier alpha value is -0.750. The first-order chi connectivity index (χ1) is 8.09. The van der Waals surface area contributed by atoms with Gasteiger partial charge in [0.2, 0.25) is 5.91 Å². The number of aliphatic carboxylic acids is 1. The maximum atomic E-state index is 11.7. The van der Waals surface area contributed by atoms with Crippen LogP contribution in [0.25, 0.3) is 0 Å². The molecule has 0 aliphatic carbocycles. The number of thioether (sulfide) groups is 1. The van der Waals surface area contributed by atoms with E-state index in [1.807, 2.05) is 0 Å². The van der Waals surface area contributed by atoms with Gasteiger partial charge in [-0.25, -0.2) is 0 Å². The van der Waals surface area contributed by atoms with E-state index < -0.39 is 5.97 Å². The lowest BCUT2D eigenvalue weighted by Crippen LogP contribution is -2.33. The Morgan fingerprint density at radius 1 is 1.41 bits per heavy atom. The molecule has 1 fully saturated rings. The maximum absolute atomic E-state index is 11.7. The lowest BCUT2D eigenvalue weighted by atomic mass is 10.2. The molecule has 1 amide bonds. The Labute approximate surface area is 106 Å². The van der Waals surface area contributed by atoms with Gasteiger partial charge >= 0.3 is 5.97 Å². The largest absolute Gasteiger partial charge is 0.481 e. The number of nitrogens with one attached hydrogen (secondary N) is 1. The summed E-state index contributed by atoms with van der Waals surface area (Å²) in [7, 11) is 1.66. The number of rotatable bonds is 6. The summed E-state index contributed by atoms with van der Waals surface area (Å²) in [5, 5.41) is 12.4. The zero-order chi connectivity index (χ0) is 12.7. The number of nitrogens with zero attached hydrogens (tertiary/aromatic N) is 1. The van der Waals surface area contributed by atoms with E-state index in [0.717, 1.165) is 25.9 Å². The molecule has 1 heterocycles. The first-order valence-corrected chi connectivity index (χ1v) is 6.92. The van der Waals surface area contributed by atoms with Gasteiger partial charge in [-0.15, -0.1) is 11.8 Å². The SMILES string of the molecule is CN(CCC(=O)O)C(=O)CSC1CCNCC1. The van der Waals surface area contributed by atoms with E-state index in [-0.39, 0.29) is 12.3 Å². The Kier molecular flexibility index (Phi) is 6.36. The van der Waals surface area contributed by atoms with Gasteiger partial charge in [-0.05, 0) is 25.9 Å². The van der Waals surface area contributed by atoms with Crippen molar-refractivity contribution >= 4 is 23.6 Å². The van der Waals surface area contributed by atoms with Crippen LogP contribution >= 0.6 is 11.8 Å². The van der Waals surface area contributed by atoms with E-state index >= 15 is 0 Å². The Balaban J connectivity index is 2.16. The average Bonchev–Trinajstić information content (AvgIpc) is 2.34. The molecule has 0 spiro atoms. The highest BCUT2D eigenvalue weighted by molar-refractivity contribution is 8.00. The van der Waals surface area contributed by atoms with Gasteiger partial charge in [0.25, 0.3) is 0 Å². The predicted molar refractivity (Wildman–Crippen MR) is 68.2 cm³/mol. The third-order valence-corrected chi connectivity index (χ3v) is 4.17. The van der Waals surface area contributed by atoms with Crippen molar-refractivity contribution in [1.29, 1.82) is 0 Å². The molecule has 0 aromatic rings. The van der Waals surface area contributed by atoms with Crippen LogP contribution < -0.4 is 5.32 Å². The lowest BCUT2D eigenvalue weighted by Gasteiger charge is -2.23. The first kappa shape index (κ1) is 14.3. The summed E-state index contributed by atoms with van der Waals surface area (Å²) in [6.45, 7) is 2.35. The summed E-state index contributed by atoms with van der Waals surface area (Å²) in [6, 6.07) is 0. The molecule has 1 aliphatic heterocycles. The van der Waals surface area contributed by atoms with Gasteiger partial charge in [-0.1, -0.05) is 0 Å². The van der Waals surface area contributed by atoms with Crippen LogP contribution in [0.1, 0.15) is 19.3 Å². The minimum absolute atomic E-state index is 0.0141. The van der Waals surface area contributed by atoms with Crippen molar-refractivity contribution in [2.75, 3.05) is 32.4 Å². The summed E-state index contributed by atoms with van der Waals surface area (Å²) in [6.07, 6.45) is 2.23. The van der Waals surface area contributed by atoms with E-state index in [1.54, 1.807) is 18.8 Å². The van der Waals surface area contributed by atoms with Crippen molar-refractivity contribution in [3.05, 3.63) is 0 Å². The molecule has 0 unspecified atom stereocenters. The fraction of sp³-hybridized carbons (Fsp3) is 0.818. The molecule has 0 aromatic carbocycles. The van der Waals surface area contributed by atoms with Gasteiger partial charge in [-0.3, -0.25) is 9.59 Å². The van der Waals surface area contributed by atoms with Gasteiger partial charge < -0.3 is 15.3 Å². The Bertz CT molecular complexity index is 267. The number of carbonyl (C=O) groups is 2. The van der Waals surface area contributed by atoms with Gasteiger partial charge in [0.15, 0.2) is 0 Å². The molecule has 5 nitrogen and oxygen atoms in total. The second kappa shape index (κ2) is 7.55. The molecule has 0 bridgehead atoms. The molecule has 0 atom stereocenters. The highest BCUT2D eigenvalue weighted by Gasteiger charge is 2.16.